The van der Waals surface area contributed by atoms with Crippen LogP contribution in [-0.2, 0) is 22.6 Å². The zero-order chi connectivity index (χ0) is 27.9. The number of hydrogen-bond donors (Lipinski definition) is 1. The van der Waals surface area contributed by atoms with Gasteiger partial charge in [-0.15, -0.1) is 0 Å². The molecule has 0 aliphatic carbocycles. The van der Waals surface area contributed by atoms with Crippen LogP contribution in [0.5, 0.6) is 0 Å². The van der Waals surface area contributed by atoms with E-state index in [1.54, 1.807) is 6.20 Å². The van der Waals surface area contributed by atoms with E-state index in [4.69, 9.17) is 14.0 Å². The number of imidazole rings is 1. The van der Waals surface area contributed by atoms with Gasteiger partial charge in [-0.05, 0) is 80.3 Å². The molecule has 8 heteroatoms. The molecule has 7 nitrogen and oxygen atoms in total. The van der Waals surface area contributed by atoms with Gasteiger partial charge in [0.1, 0.15) is 17.6 Å². The topological polar surface area (TPSA) is 74.3 Å². The Kier molecular flexibility index (Phi) is 9.18. The molecule has 1 N–H and O–H groups in total. The van der Waals surface area contributed by atoms with Crippen molar-refractivity contribution in [2.75, 3.05) is 18.1 Å². The Balaban J connectivity index is 1.04. The number of ether oxygens (including phenoxy) is 2. The maximum absolute atomic E-state index is 6.12. The van der Waals surface area contributed by atoms with Crippen molar-refractivity contribution in [2.45, 2.75) is 64.1 Å². The van der Waals surface area contributed by atoms with E-state index in [-0.39, 0.29) is 12.4 Å². The normalized spacial score (nSPS) is 19.5. The van der Waals surface area contributed by atoms with Crippen molar-refractivity contribution in [3.63, 3.8) is 0 Å². The summed E-state index contributed by atoms with van der Waals surface area (Å²) in [6.07, 6.45) is 7.81. The Morgan fingerprint density at radius 1 is 1.07 bits per heavy atom. The molecule has 2 aliphatic heterocycles. The number of thioether (sulfide) groups is 1. The molecule has 0 spiro atoms. The summed E-state index contributed by atoms with van der Waals surface area (Å²) in [5.41, 5.74) is 5.05. The van der Waals surface area contributed by atoms with Gasteiger partial charge in [-0.3, -0.25) is 0 Å². The van der Waals surface area contributed by atoms with E-state index < -0.39 is 0 Å². The smallest absolute Gasteiger partial charge is 0.167 e. The molecular weight excluding hydrogens is 532 g/mol. The quantitative estimate of drug-likeness (QED) is 0.242. The molecule has 3 atom stereocenters. The summed E-state index contributed by atoms with van der Waals surface area (Å²) in [5.74, 6) is 10.6. The third kappa shape index (κ3) is 7.49. The van der Waals surface area contributed by atoms with Crippen molar-refractivity contribution in [1.82, 2.24) is 20.0 Å². The molecule has 2 saturated heterocycles. The van der Waals surface area contributed by atoms with Gasteiger partial charge in [-0.25, -0.2) is 4.98 Å². The minimum Gasteiger partial charge on any atom is -0.356 e. The first-order valence-electron chi connectivity index (χ1n) is 14.5. The van der Waals surface area contributed by atoms with Crippen LogP contribution in [0.2, 0.25) is 0 Å². The van der Waals surface area contributed by atoms with Crippen LogP contribution in [0, 0.1) is 11.8 Å². The van der Waals surface area contributed by atoms with E-state index in [2.05, 4.69) is 51.6 Å². The number of benzene rings is 2. The van der Waals surface area contributed by atoms with Crippen molar-refractivity contribution < 1.29 is 14.0 Å². The molecule has 0 radical (unpaired) electrons. The highest BCUT2D eigenvalue weighted by atomic mass is 32.2. The lowest BCUT2D eigenvalue weighted by Gasteiger charge is -2.26. The summed E-state index contributed by atoms with van der Waals surface area (Å²) >= 11 is 2.03. The highest BCUT2D eigenvalue weighted by Crippen LogP contribution is 2.25. The SMILES string of the molecule is C[C@H](OC1CCCCO1)c1nccn1Cc1cc(-c2ccc(C#Cc3ccc(CNC4CCSC4)cc3)cc2)on1. The molecule has 0 amide bonds. The molecular formula is C33H36N4O3S. The summed E-state index contributed by atoms with van der Waals surface area (Å²) in [5, 5.41) is 7.95. The molecule has 41 heavy (non-hydrogen) atoms. The fourth-order valence-corrected chi connectivity index (χ4v) is 6.33. The van der Waals surface area contributed by atoms with E-state index in [1.807, 2.05) is 59.8 Å². The predicted octanol–water partition coefficient (Wildman–Crippen LogP) is 6.19. The first-order valence-corrected chi connectivity index (χ1v) is 15.6. The van der Waals surface area contributed by atoms with E-state index in [1.165, 1.54) is 23.5 Å². The summed E-state index contributed by atoms with van der Waals surface area (Å²) in [6, 6.07) is 19.2. The number of rotatable bonds is 9. The number of nitrogens with zero attached hydrogens (tertiary/aromatic N) is 3. The second kappa shape index (κ2) is 13.5. The van der Waals surface area contributed by atoms with Crippen molar-refractivity contribution in [3.8, 4) is 23.2 Å². The van der Waals surface area contributed by atoms with Gasteiger partial charge in [-0.1, -0.05) is 29.1 Å². The first-order chi connectivity index (χ1) is 20.2. The number of hydrogen-bond acceptors (Lipinski definition) is 7. The Hall–Kier alpha value is -3.35. The van der Waals surface area contributed by atoms with E-state index >= 15 is 0 Å². The average Bonchev–Trinajstić information content (AvgIpc) is 3.80. The van der Waals surface area contributed by atoms with Crippen LogP contribution in [0.1, 0.15) is 66.9 Å². The minimum atomic E-state index is -0.177. The molecule has 2 unspecified atom stereocenters. The second-order valence-corrected chi connectivity index (χ2v) is 11.8. The molecule has 212 valence electrons. The van der Waals surface area contributed by atoms with Gasteiger partial charge in [-0.2, -0.15) is 11.8 Å². The van der Waals surface area contributed by atoms with Crippen molar-refractivity contribution in [1.29, 1.82) is 0 Å². The van der Waals surface area contributed by atoms with Gasteiger partial charge in [0.25, 0.3) is 0 Å². The van der Waals surface area contributed by atoms with Crippen molar-refractivity contribution in [3.05, 3.63) is 95.2 Å². The van der Waals surface area contributed by atoms with Gasteiger partial charge in [0, 0.05) is 60.1 Å². The fraction of sp³-hybridized carbons (Fsp3) is 0.394. The van der Waals surface area contributed by atoms with Crippen molar-refractivity contribution in [2.24, 2.45) is 0 Å². The predicted molar refractivity (Wildman–Crippen MR) is 161 cm³/mol. The number of aromatic nitrogens is 3. The lowest BCUT2D eigenvalue weighted by Crippen LogP contribution is -2.27. The maximum Gasteiger partial charge on any atom is 0.167 e. The van der Waals surface area contributed by atoms with Crippen molar-refractivity contribution >= 4 is 11.8 Å². The van der Waals surface area contributed by atoms with Crippen LogP contribution in [0.25, 0.3) is 11.3 Å². The van der Waals surface area contributed by atoms with Crippen LogP contribution in [0.15, 0.2) is 71.5 Å². The van der Waals surface area contributed by atoms with Gasteiger partial charge in [0.05, 0.1) is 6.54 Å². The Labute approximate surface area is 246 Å². The van der Waals surface area contributed by atoms with Crippen LogP contribution >= 0.6 is 11.8 Å². The molecule has 0 saturated carbocycles. The lowest BCUT2D eigenvalue weighted by molar-refractivity contribution is -0.188. The average molecular weight is 569 g/mol. The van der Waals surface area contributed by atoms with Gasteiger partial charge in [0.15, 0.2) is 12.1 Å². The van der Waals surface area contributed by atoms with Gasteiger partial charge < -0.3 is 23.9 Å². The third-order valence-electron chi connectivity index (χ3n) is 7.50. The van der Waals surface area contributed by atoms with Crippen LogP contribution in [0.4, 0.5) is 0 Å². The lowest BCUT2D eigenvalue weighted by atomic mass is 10.1. The molecule has 0 bridgehead atoms. The molecule has 2 fully saturated rings. The molecule has 6 rings (SSSR count). The summed E-state index contributed by atoms with van der Waals surface area (Å²) in [6.45, 7) is 4.23. The molecule has 2 aromatic carbocycles. The summed E-state index contributed by atoms with van der Waals surface area (Å²) in [4.78, 5) is 4.53. The molecule has 4 heterocycles. The standard InChI is InChI=1S/C33H36N4O3S/c1-24(39-32-4-2-3-18-38-32)33-34-16-17-37(33)22-30-20-31(40-36-30)28-13-11-26(12-14-28)6-5-25-7-9-27(10-8-25)21-35-29-15-19-41-23-29/h7-14,16-17,20,24,29,32,35H,2-4,15,18-19,21-23H2,1H3/t24-,29?,32?/m0/s1. The second-order valence-electron chi connectivity index (χ2n) is 10.6. The Morgan fingerprint density at radius 2 is 1.88 bits per heavy atom. The van der Waals surface area contributed by atoms with Crippen LogP contribution in [0.3, 0.4) is 0 Å². The molecule has 2 aromatic heterocycles. The zero-order valence-corrected chi connectivity index (χ0v) is 24.2. The monoisotopic (exact) mass is 568 g/mol. The molecule has 4 aromatic rings. The summed E-state index contributed by atoms with van der Waals surface area (Å²) in [7, 11) is 0. The minimum absolute atomic E-state index is 0.163. The van der Waals surface area contributed by atoms with Crippen LogP contribution in [-0.4, -0.2) is 45.2 Å². The fourth-order valence-electron chi connectivity index (χ4n) is 5.14. The largest absolute Gasteiger partial charge is 0.356 e. The van der Waals surface area contributed by atoms with Gasteiger partial charge in [0.2, 0.25) is 0 Å². The van der Waals surface area contributed by atoms with E-state index in [0.29, 0.717) is 12.6 Å². The first kappa shape index (κ1) is 27.8. The zero-order valence-electron chi connectivity index (χ0n) is 23.4. The Bertz CT molecular complexity index is 1460. The third-order valence-corrected chi connectivity index (χ3v) is 8.66. The van der Waals surface area contributed by atoms with E-state index in [9.17, 15) is 0 Å². The highest BCUT2D eigenvalue weighted by Gasteiger charge is 2.21. The number of nitrogens with one attached hydrogen (secondary N) is 1. The van der Waals surface area contributed by atoms with E-state index in [0.717, 1.165) is 66.4 Å². The van der Waals surface area contributed by atoms with Crippen LogP contribution < -0.4 is 5.32 Å². The van der Waals surface area contributed by atoms with Gasteiger partial charge >= 0.3 is 0 Å². The Morgan fingerprint density at radius 3 is 2.61 bits per heavy atom. The maximum atomic E-state index is 6.12. The highest BCUT2D eigenvalue weighted by molar-refractivity contribution is 7.99. The summed E-state index contributed by atoms with van der Waals surface area (Å²) < 4.78 is 19.6. The molecule has 2 aliphatic rings.